The molecule has 0 fully saturated rings. The largest absolute Gasteiger partial charge is 0.379 e. The van der Waals surface area contributed by atoms with E-state index in [2.05, 4.69) is 46.9 Å². The van der Waals surface area contributed by atoms with Crippen molar-refractivity contribution in [3.63, 3.8) is 0 Å². The summed E-state index contributed by atoms with van der Waals surface area (Å²) in [5.74, 6) is 0.149. The molecule has 3 atom stereocenters. The van der Waals surface area contributed by atoms with E-state index in [0.29, 0.717) is 6.42 Å². The SMILES string of the molecule is CCCCCCCCCCCCCCCCC(C)C(O)(CCCCCCCCCCCCCCCC)NC(O)CC(C)(C)C. The Kier molecular flexibility index (Phi) is 30.1. The van der Waals surface area contributed by atoms with Gasteiger partial charge in [0, 0.05) is 0 Å². The Labute approximate surface area is 278 Å². The molecule has 0 amide bonds. The minimum atomic E-state index is -0.974. The molecular weight excluding hydrogens is 538 g/mol. The van der Waals surface area contributed by atoms with Gasteiger partial charge in [-0.2, -0.15) is 0 Å². The number of nitrogens with one attached hydrogen (secondary N) is 1. The Bertz CT molecular complexity index is 573. The molecule has 0 rings (SSSR count). The summed E-state index contributed by atoms with van der Waals surface area (Å²) in [6.45, 7) is 13.2. The van der Waals surface area contributed by atoms with Gasteiger partial charge in [-0.25, -0.2) is 0 Å². The summed E-state index contributed by atoms with van der Waals surface area (Å²) in [6.07, 6.45) is 39.8. The molecule has 0 aromatic rings. The Balaban J connectivity index is 4.17. The molecule has 3 N–H and O–H groups in total. The number of aliphatic hydroxyl groups excluding tert-OH is 1. The van der Waals surface area contributed by atoms with Crippen LogP contribution in [-0.4, -0.2) is 22.2 Å². The van der Waals surface area contributed by atoms with E-state index >= 15 is 0 Å². The van der Waals surface area contributed by atoms with Crippen LogP contribution in [0, 0.1) is 11.3 Å². The molecule has 0 aliphatic carbocycles. The van der Waals surface area contributed by atoms with Crippen molar-refractivity contribution in [3.8, 4) is 0 Å². The van der Waals surface area contributed by atoms with Gasteiger partial charge in [-0.15, -0.1) is 0 Å². The zero-order valence-electron chi connectivity index (χ0n) is 31.5. The molecule has 0 bridgehead atoms. The van der Waals surface area contributed by atoms with Crippen molar-refractivity contribution in [1.29, 1.82) is 0 Å². The van der Waals surface area contributed by atoms with Gasteiger partial charge < -0.3 is 10.2 Å². The predicted molar refractivity (Wildman–Crippen MR) is 197 cm³/mol. The van der Waals surface area contributed by atoms with Gasteiger partial charge in [0.1, 0.15) is 12.0 Å². The minimum absolute atomic E-state index is 0.0280. The summed E-state index contributed by atoms with van der Waals surface area (Å²) >= 11 is 0. The van der Waals surface area contributed by atoms with Crippen LogP contribution in [-0.2, 0) is 0 Å². The van der Waals surface area contributed by atoms with Crippen molar-refractivity contribution in [2.75, 3.05) is 0 Å². The summed E-state index contributed by atoms with van der Waals surface area (Å²) < 4.78 is 0. The van der Waals surface area contributed by atoms with Gasteiger partial charge in [0.15, 0.2) is 0 Å². The van der Waals surface area contributed by atoms with Crippen LogP contribution in [0.2, 0.25) is 0 Å². The van der Waals surface area contributed by atoms with Crippen molar-refractivity contribution < 1.29 is 10.2 Å². The van der Waals surface area contributed by atoms with Gasteiger partial charge in [-0.3, -0.25) is 5.32 Å². The van der Waals surface area contributed by atoms with Crippen LogP contribution in [0.1, 0.15) is 241 Å². The lowest BCUT2D eigenvalue weighted by molar-refractivity contribution is -0.0994. The van der Waals surface area contributed by atoms with Crippen LogP contribution in [0.5, 0.6) is 0 Å². The molecule has 0 heterocycles. The smallest absolute Gasteiger partial charge is 0.120 e. The lowest BCUT2D eigenvalue weighted by Gasteiger charge is -2.38. The third-order valence-corrected chi connectivity index (χ3v) is 9.94. The Morgan fingerprint density at radius 3 is 1.09 bits per heavy atom. The third-order valence-electron chi connectivity index (χ3n) is 9.94. The zero-order valence-corrected chi connectivity index (χ0v) is 31.5. The van der Waals surface area contributed by atoms with Gasteiger partial charge in [-0.1, -0.05) is 215 Å². The average molecular weight is 624 g/mol. The highest BCUT2D eigenvalue weighted by atomic mass is 16.3. The molecular formula is C41H85NO2. The Morgan fingerprint density at radius 1 is 0.477 bits per heavy atom. The summed E-state index contributed by atoms with van der Waals surface area (Å²) in [4.78, 5) is 0. The van der Waals surface area contributed by atoms with E-state index < -0.39 is 12.0 Å². The molecule has 0 aliphatic heterocycles. The van der Waals surface area contributed by atoms with Crippen molar-refractivity contribution >= 4 is 0 Å². The predicted octanol–water partition coefficient (Wildman–Crippen LogP) is 13.4. The van der Waals surface area contributed by atoms with Crippen LogP contribution in [0.3, 0.4) is 0 Å². The highest BCUT2D eigenvalue weighted by Gasteiger charge is 2.35. The van der Waals surface area contributed by atoms with E-state index in [1.54, 1.807) is 0 Å². The molecule has 0 saturated carbocycles. The number of rotatable bonds is 34. The Morgan fingerprint density at radius 2 is 0.773 bits per heavy atom. The van der Waals surface area contributed by atoms with Crippen LogP contribution in [0.4, 0.5) is 0 Å². The van der Waals surface area contributed by atoms with E-state index in [1.165, 1.54) is 173 Å². The average Bonchev–Trinajstić information content (AvgIpc) is 2.96. The maximum absolute atomic E-state index is 11.8. The molecule has 0 aromatic heterocycles. The maximum atomic E-state index is 11.8. The number of hydrogen-bond donors (Lipinski definition) is 3. The monoisotopic (exact) mass is 624 g/mol. The van der Waals surface area contributed by atoms with Crippen molar-refractivity contribution in [3.05, 3.63) is 0 Å². The Hall–Kier alpha value is -0.120. The molecule has 0 saturated heterocycles. The van der Waals surface area contributed by atoms with Gasteiger partial charge in [0.2, 0.25) is 0 Å². The second-order valence-electron chi connectivity index (χ2n) is 16.0. The maximum Gasteiger partial charge on any atom is 0.120 e. The standard InChI is InChI=1S/C41H85NO2/c1-7-9-11-13-15-17-19-21-23-25-27-29-31-33-35-38(3)41(44,42-39(43)37-40(4,5)6)36-34-32-30-28-26-24-22-20-18-16-14-12-10-8-2/h38-39,42-44H,7-37H2,1-6H3. The second kappa shape index (κ2) is 30.2. The topological polar surface area (TPSA) is 52.5 Å². The first kappa shape index (κ1) is 43.9. The van der Waals surface area contributed by atoms with E-state index in [9.17, 15) is 10.2 Å². The fourth-order valence-electron chi connectivity index (χ4n) is 6.85. The quantitative estimate of drug-likeness (QED) is 0.0493. The first-order chi connectivity index (χ1) is 21.1. The van der Waals surface area contributed by atoms with Gasteiger partial charge in [0.05, 0.1) is 0 Å². The zero-order chi connectivity index (χ0) is 32.8. The fraction of sp³-hybridized carbons (Fsp3) is 1.00. The highest BCUT2D eigenvalue weighted by molar-refractivity contribution is 4.84. The first-order valence-corrected chi connectivity index (χ1v) is 20.3. The van der Waals surface area contributed by atoms with E-state index in [-0.39, 0.29) is 11.3 Å². The third kappa shape index (κ3) is 29.3. The summed E-state index contributed by atoms with van der Waals surface area (Å²) in [5.41, 5.74) is -0.946. The normalized spacial score (nSPS) is 15.0. The van der Waals surface area contributed by atoms with Crippen LogP contribution in [0.15, 0.2) is 0 Å². The molecule has 0 aromatic carbocycles. The lowest BCUT2D eigenvalue weighted by atomic mass is 9.85. The molecule has 3 heteroatoms. The van der Waals surface area contributed by atoms with Gasteiger partial charge >= 0.3 is 0 Å². The van der Waals surface area contributed by atoms with Crippen molar-refractivity contribution in [2.45, 2.75) is 253 Å². The van der Waals surface area contributed by atoms with E-state index in [1.807, 2.05) is 0 Å². The molecule has 0 aliphatic rings. The molecule has 266 valence electrons. The van der Waals surface area contributed by atoms with E-state index in [4.69, 9.17) is 0 Å². The van der Waals surface area contributed by atoms with Crippen LogP contribution < -0.4 is 5.32 Å². The van der Waals surface area contributed by atoms with E-state index in [0.717, 1.165) is 19.3 Å². The van der Waals surface area contributed by atoms with Crippen molar-refractivity contribution in [2.24, 2.45) is 11.3 Å². The molecule has 0 spiro atoms. The number of hydrogen-bond acceptors (Lipinski definition) is 3. The number of aliphatic hydroxyl groups is 2. The molecule has 44 heavy (non-hydrogen) atoms. The fourth-order valence-corrected chi connectivity index (χ4v) is 6.85. The number of unbranched alkanes of at least 4 members (excludes halogenated alkanes) is 26. The van der Waals surface area contributed by atoms with Crippen molar-refractivity contribution in [1.82, 2.24) is 5.32 Å². The highest BCUT2D eigenvalue weighted by Crippen LogP contribution is 2.29. The minimum Gasteiger partial charge on any atom is -0.379 e. The molecule has 3 nitrogen and oxygen atoms in total. The van der Waals surface area contributed by atoms with Gasteiger partial charge in [0.25, 0.3) is 0 Å². The molecule has 0 radical (unpaired) electrons. The second-order valence-corrected chi connectivity index (χ2v) is 16.0. The molecule has 3 unspecified atom stereocenters. The van der Waals surface area contributed by atoms with Gasteiger partial charge in [-0.05, 0) is 37.0 Å². The van der Waals surface area contributed by atoms with Crippen LogP contribution in [0.25, 0.3) is 0 Å². The summed E-state index contributed by atoms with van der Waals surface area (Å²) in [5, 5.41) is 25.9. The summed E-state index contributed by atoms with van der Waals surface area (Å²) in [6, 6.07) is 0. The summed E-state index contributed by atoms with van der Waals surface area (Å²) in [7, 11) is 0. The van der Waals surface area contributed by atoms with Crippen LogP contribution >= 0.6 is 0 Å². The first-order valence-electron chi connectivity index (χ1n) is 20.3. The lowest BCUT2D eigenvalue weighted by Crippen LogP contribution is -2.55.